The van der Waals surface area contributed by atoms with Crippen LogP contribution >= 0.6 is 0 Å². The average molecular weight is 443 g/mol. The van der Waals surface area contributed by atoms with Crippen molar-refractivity contribution in [3.63, 3.8) is 0 Å². The summed E-state index contributed by atoms with van der Waals surface area (Å²) in [5.41, 5.74) is 0.535. The van der Waals surface area contributed by atoms with Crippen molar-refractivity contribution < 1.29 is 23.9 Å². The molecule has 3 fully saturated rings. The molecule has 0 aromatic heterocycles. The number of imide groups is 1. The Morgan fingerprint density at radius 1 is 0.969 bits per heavy atom. The van der Waals surface area contributed by atoms with E-state index in [1.165, 1.54) is 11.3 Å². The molecule has 1 N–H and O–H groups in total. The van der Waals surface area contributed by atoms with Crippen molar-refractivity contribution in [2.75, 3.05) is 46.1 Å². The van der Waals surface area contributed by atoms with Crippen LogP contribution < -0.4 is 5.32 Å². The predicted octanol–water partition coefficient (Wildman–Crippen LogP) is 0.850. The highest BCUT2D eigenvalue weighted by Gasteiger charge is 2.36. The maximum absolute atomic E-state index is 13.1. The highest BCUT2D eigenvalue weighted by molar-refractivity contribution is 6.09. The number of nitrogens with one attached hydrogen (secondary N) is 1. The van der Waals surface area contributed by atoms with Crippen LogP contribution in [0.2, 0.25) is 0 Å². The zero-order valence-electron chi connectivity index (χ0n) is 18.3. The molecule has 32 heavy (non-hydrogen) atoms. The first-order valence-electron chi connectivity index (χ1n) is 11.4. The Kier molecular flexibility index (Phi) is 7.16. The Hall–Kier alpha value is -2.78. The zero-order chi connectivity index (χ0) is 22.5. The standard InChI is InChI=1S/C23H30N4O5/c28-20-9-8-19(23(31)27(20)16-25-10-4-1-5-11-25)24-21(29)17-6-2-3-7-18(17)22(30)26-12-14-32-15-13-26/h2-3,6-7,19H,1,4-5,8-16H2,(H,24,29). The number of benzene rings is 1. The highest BCUT2D eigenvalue weighted by atomic mass is 16.5. The quantitative estimate of drug-likeness (QED) is 0.679. The minimum absolute atomic E-state index is 0.200. The van der Waals surface area contributed by atoms with Crippen LogP contribution in [-0.2, 0) is 14.3 Å². The fourth-order valence-electron chi connectivity index (χ4n) is 4.46. The number of nitrogens with zero attached hydrogens (tertiary/aromatic N) is 3. The van der Waals surface area contributed by atoms with Gasteiger partial charge in [-0.2, -0.15) is 0 Å². The number of rotatable bonds is 5. The van der Waals surface area contributed by atoms with Gasteiger partial charge >= 0.3 is 0 Å². The molecular weight excluding hydrogens is 412 g/mol. The summed E-state index contributed by atoms with van der Waals surface area (Å²) in [6.07, 6.45) is 3.76. The Morgan fingerprint density at radius 3 is 2.38 bits per heavy atom. The lowest BCUT2D eigenvalue weighted by molar-refractivity contribution is -0.152. The van der Waals surface area contributed by atoms with Gasteiger partial charge in [0.25, 0.3) is 17.7 Å². The van der Waals surface area contributed by atoms with E-state index in [-0.39, 0.29) is 42.8 Å². The van der Waals surface area contributed by atoms with E-state index in [4.69, 9.17) is 4.74 Å². The average Bonchev–Trinajstić information content (AvgIpc) is 2.84. The Bertz CT molecular complexity index is 877. The number of ether oxygens (including phenoxy) is 1. The molecule has 4 rings (SSSR count). The van der Waals surface area contributed by atoms with Crippen LogP contribution in [0.1, 0.15) is 52.8 Å². The summed E-state index contributed by atoms with van der Waals surface area (Å²) >= 11 is 0. The van der Waals surface area contributed by atoms with Crippen molar-refractivity contribution in [2.24, 2.45) is 0 Å². The van der Waals surface area contributed by atoms with Crippen molar-refractivity contribution in [3.8, 4) is 0 Å². The van der Waals surface area contributed by atoms with Gasteiger partial charge in [-0.3, -0.25) is 29.0 Å². The molecule has 0 bridgehead atoms. The molecule has 4 amide bonds. The van der Waals surface area contributed by atoms with E-state index in [0.29, 0.717) is 31.9 Å². The first-order valence-corrected chi connectivity index (χ1v) is 11.4. The molecule has 172 valence electrons. The molecule has 1 unspecified atom stereocenters. The van der Waals surface area contributed by atoms with Gasteiger partial charge in [-0.05, 0) is 44.5 Å². The molecule has 0 saturated carbocycles. The van der Waals surface area contributed by atoms with E-state index < -0.39 is 11.9 Å². The third-order valence-corrected chi connectivity index (χ3v) is 6.31. The summed E-state index contributed by atoms with van der Waals surface area (Å²) in [5, 5.41) is 2.77. The molecule has 0 spiro atoms. The topological polar surface area (TPSA) is 99.3 Å². The van der Waals surface area contributed by atoms with E-state index in [9.17, 15) is 19.2 Å². The number of amides is 4. The van der Waals surface area contributed by atoms with Gasteiger partial charge in [0.2, 0.25) is 5.91 Å². The highest BCUT2D eigenvalue weighted by Crippen LogP contribution is 2.18. The van der Waals surface area contributed by atoms with Gasteiger partial charge in [-0.15, -0.1) is 0 Å². The molecule has 1 atom stereocenters. The van der Waals surface area contributed by atoms with E-state index in [1.54, 1.807) is 29.2 Å². The van der Waals surface area contributed by atoms with Crippen LogP contribution in [0.3, 0.4) is 0 Å². The third kappa shape index (κ3) is 4.99. The van der Waals surface area contributed by atoms with Gasteiger partial charge in [-0.25, -0.2) is 0 Å². The van der Waals surface area contributed by atoms with Crippen molar-refractivity contribution in [1.82, 2.24) is 20.0 Å². The zero-order valence-corrected chi connectivity index (χ0v) is 18.3. The molecule has 3 aliphatic rings. The normalized spacial score (nSPS) is 22.7. The fourth-order valence-corrected chi connectivity index (χ4v) is 4.46. The third-order valence-electron chi connectivity index (χ3n) is 6.31. The van der Waals surface area contributed by atoms with E-state index in [2.05, 4.69) is 10.2 Å². The molecule has 9 nitrogen and oxygen atoms in total. The van der Waals surface area contributed by atoms with Crippen LogP contribution in [0, 0.1) is 0 Å². The number of hydrogen-bond acceptors (Lipinski definition) is 6. The lowest BCUT2D eigenvalue weighted by Crippen LogP contribution is -2.57. The monoisotopic (exact) mass is 442 g/mol. The minimum Gasteiger partial charge on any atom is -0.378 e. The molecule has 3 aliphatic heterocycles. The molecule has 3 heterocycles. The van der Waals surface area contributed by atoms with E-state index in [1.807, 2.05) is 0 Å². The predicted molar refractivity (Wildman–Crippen MR) is 116 cm³/mol. The van der Waals surface area contributed by atoms with Gasteiger partial charge in [0.1, 0.15) is 6.04 Å². The van der Waals surface area contributed by atoms with Crippen LogP contribution in [0.15, 0.2) is 24.3 Å². The van der Waals surface area contributed by atoms with Crippen LogP contribution in [-0.4, -0.2) is 90.4 Å². The summed E-state index contributed by atoms with van der Waals surface area (Å²) in [5.74, 6) is -1.28. The molecule has 1 aromatic carbocycles. The second kappa shape index (κ2) is 10.2. The van der Waals surface area contributed by atoms with Gasteiger partial charge in [0.15, 0.2) is 0 Å². The molecule has 0 aliphatic carbocycles. The van der Waals surface area contributed by atoms with Gasteiger partial charge < -0.3 is 15.0 Å². The minimum atomic E-state index is -0.781. The summed E-state index contributed by atoms with van der Waals surface area (Å²) < 4.78 is 5.30. The van der Waals surface area contributed by atoms with Gasteiger partial charge in [0.05, 0.1) is 31.0 Å². The SMILES string of the molecule is O=C(NC1CCC(=O)N(CN2CCCCC2)C1=O)c1ccccc1C(=O)N1CCOCC1. The summed E-state index contributed by atoms with van der Waals surface area (Å²) in [6, 6.07) is 5.85. The molecule has 9 heteroatoms. The van der Waals surface area contributed by atoms with Crippen molar-refractivity contribution in [2.45, 2.75) is 38.1 Å². The van der Waals surface area contributed by atoms with Crippen molar-refractivity contribution in [1.29, 1.82) is 0 Å². The number of likely N-dealkylation sites (tertiary alicyclic amines) is 2. The number of morpholine rings is 1. The summed E-state index contributed by atoms with van der Waals surface area (Å²) in [4.78, 5) is 56.5. The van der Waals surface area contributed by atoms with Crippen molar-refractivity contribution >= 4 is 23.6 Å². The Labute approximate surface area is 187 Å². The Balaban J connectivity index is 1.44. The molecule has 3 saturated heterocycles. The lowest BCUT2D eigenvalue weighted by Gasteiger charge is -2.36. The summed E-state index contributed by atoms with van der Waals surface area (Å²) in [7, 11) is 0. The maximum Gasteiger partial charge on any atom is 0.254 e. The van der Waals surface area contributed by atoms with E-state index >= 15 is 0 Å². The smallest absolute Gasteiger partial charge is 0.254 e. The Morgan fingerprint density at radius 2 is 1.66 bits per heavy atom. The first kappa shape index (κ1) is 22.4. The first-order chi connectivity index (χ1) is 15.5. The number of hydrogen-bond donors (Lipinski definition) is 1. The molecular formula is C23H30N4O5. The second-order valence-corrected chi connectivity index (χ2v) is 8.50. The largest absolute Gasteiger partial charge is 0.378 e. The number of carbonyl (C=O) groups is 4. The summed E-state index contributed by atoms with van der Waals surface area (Å²) in [6.45, 7) is 3.90. The second-order valence-electron chi connectivity index (χ2n) is 8.50. The maximum atomic E-state index is 13.1. The lowest BCUT2D eigenvalue weighted by atomic mass is 10.0. The van der Waals surface area contributed by atoms with Crippen LogP contribution in [0.25, 0.3) is 0 Å². The molecule has 1 aromatic rings. The van der Waals surface area contributed by atoms with Crippen molar-refractivity contribution in [3.05, 3.63) is 35.4 Å². The molecule has 0 radical (unpaired) electrons. The number of carbonyl (C=O) groups excluding carboxylic acids is 4. The van der Waals surface area contributed by atoms with E-state index in [0.717, 1.165) is 25.9 Å². The van der Waals surface area contributed by atoms with Gasteiger partial charge in [-0.1, -0.05) is 18.6 Å². The fraction of sp³-hybridized carbons (Fsp3) is 0.565. The number of piperidine rings is 2. The van der Waals surface area contributed by atoms with Gasteiger partial charge in [0, 0.05) is 19.5 Å². The van der Waals surface area contributed by atoms with Crippen LogP contribution in [0.5, 0.6) is 0 Å². The van der Waals surface area contributed by atoms with Crippen LogP contribution in [0.4, 0.5) is 0 Å².